The normalized spacial score (nSPS) is 16.6. The molecule has 0 saturated carbocycles. The first kappa shape index (κ1) is 14.6. The molecule has 0 bridgehead atoms. The summed E-state index contributed by atoms with van der Waals surface area (Å²) in [7, 11) is 0. The fourth-order valence-corrected chi connectivity index (χ4v) is 2.90. The lowest BCUT2D eigenvalue weighted by Crippen LogP contribution is -2.30. The van der Waals surface area contributed by atoms with Crippen LogP contribution in [0.3, 0.4) is 0 Å². The SMILES string of the molecule is O=C(Nc1n[nH]c(-c2ccccc2F)n1)[C@H]1CCn2cncc2C1. The van der Waals surface area contributed by atoms with Gasteiger partial charge in [0.2, 0.25) is 11.9 Å². The van der Waals surface area contributed by atoms with E-state index in [0.29, 0.717) is 12.0 Å². The molecule has 2 aromatic heterocycles. The average molecular weight is 326 g/mol. The number of aromatic nitrogens is 5. The van der Waals surface area contributed by atoms with Crippen molar-refractivity contribution in [1.82, 2.24) is 24.7 Å². The monoisotopic (exact) mass is 326 g/mol. The molecule has 2 N–H and O–H groups in total. The number of amides is 1. The van der Waals surface area contributed by atoms with Crippen molar-refractivity contribution in [1.29, 1.82) is 0 Å². The third kappa shape index (κ3) is 2.66. The van der Waals surface area contributed by atoms with Crippen molar-refractivity contribution in [3.8, 4) is 11.4 Å². The van der Waals surface area contributed by atoms with E-state index in [1.165, 1.54) is 6.07 Å². The summed E-state index contributed by atoms with van der Waals surface area (Å²) >= 11 is 0. The van der Waals surface area contributed by atoms with E-state index in [1.54, 1.807) is 30.7 Å². The summed E-state index contributed by atoms with van der Waals surface area (Å²) in [6, 6.07) is 6.26. The quantitative estimate of drug-likeness (QED) is 0.770. The Bertz CT molecular complexity index is 886. The van der Waals surface area contributed by atoms with E-state index in [1.807, 2.05) is 4.57 Å². The molecule has 0 saturated heterocycles. The van der Waals surface area contributed by atoms with Crippen LogP contribution < -0.4 is 5.32 Å². The number of fused-ring (bicyclic) bond motifs is 1. The molecule has 1 amide bonds. The van der Waals surface area contributed by atoms with Crippen molar-refractivity contribution < 1.29 is 9.18 Å². The Morgan fingerprint density at radius 1 is 1.38 bits per heavy atom. The van der Waals surface area contributed by atoms with Gasteiger partial charge >= 0.3 is 0 Å². The van der Waals surface area contributed by atoms with Crippen LogP contribution in [0, 0.1) is 11.7 Å². The number of nitrogens with one attached hydrogen (secondary N) is 2. The molecular formula is C16H15FN6O. The van der Waals surface area contributed by atoms with Gasteiger partial charge in [-0.3, -0.25) is 15.2 Å². The summed E-state index contributed by atoms with van der Waals surface area (Å²) in [5.74, 6) is -0.249. The molecule has 0 fully saturated rings. The first-order valence-electron chi connectivity index (χ1n) is 7.68. The Balaban J connectivity index is 1.47. The smallest absolute Gasteiger partial charge is 0.249 e. The van der Waals surface area contributed by atoms with Crippen molar-refractivity contribution in [3.05, 3.63) is 48.3 Å². The van der Waals surface area contributed by atoms with Crippen LogP contribution in [0.1, 0.15) is 12.1 Å². The number of nitrogens with zero attached hydrogens (tertiary/aromatic N) is 4. The minimum atomic E-state index is -0.396. The number of aromatic amines is 1. The van der Waals surface area contributed by atoms with Crippen LogP contribution >= 0.6 is 0 Å². The number of hydrogen-bond donors (Lipinski definition) is 2. The molecular weight excluding hydrogens is 311 g/mol. The molecule has 1 aliphatic rings. The van der Waals surface area contributed by atoms with Gasteiger partial charge in [0.05, 0.1) is 11.9 Å². The van der Waals surface area contributed by atoms with Crippen LogP contribution in [-0.2, 0) is 17.8 Å². The highest BCUT2D eigenvalue weighted by Gasteiger charge is 2.25. The van der Waals surface area contributed by atoms with Gasteiger partial charge in [-0.1, -0.05) is 12.1 Å². The predicted octanol–water partition coefficient (Wildman–Crippen LogP) is 2.01. The van der Waals surface area contributed by atoms with Crippen molar-refractivity contribution in [2.24, 2.45) is 5.92 Å². The standard InChI is InChI=1S/C16H15FN6O/c17-13-4-2-1-3-12(13)14-19-16(22-21-14)20-15(24)10-5-6-23-9-18-8-11(23)7-10/h1-4,8-10H,5-7H2,(H2,19,20,21,22,24)/t10-/m0/s1. The summed E-state index contributed by atoms with van der Waals surface area (Å²) < 4.78 is 15.8. The van der Waals surface area contributed by atoms with Gasteiger partial charge in [0.25, 0.3) is 0 Å². The summed E-state index contributed by atoms with van der Waals surface area (Å²) in [6.45, 7) is 0.766. The number of imidazole rings is 1. The highest BCUT2D eigenvalue weighted by Crippen LogP contribution is 2.22. The molecule has 0 radical (unpaired) electrons. The van der Waals surface area contributed by atoms with Crippen LogP contribution in [0.2, 0.25) is 0 Å². The van der Waals surface area contributed by atoms with E-state index >= 15 is 0 Å². The van der Waals surface area contributed by atoms with Gasteiger partial charge in [0, 0.05) is 30.8 Å². The molecule has 0 aliphatic carbocycles. The second kappa shape index (κ2) is 5.88. The average Bonchev–Trinajstić information content (AvgIpc) is 3.23. The van der Waals surface area contributed by atoms with E-state index in [0.717, 1.165) is 18.7 Å². The summed E-state index contributed by atoms with van der Waals surface area (Å²) in [5.41, 5.74) is 1.36. The molecule has 1 aromatic carbocycles. The summed E-state index contributed by atoms with van der Waals surface area (Å²) in [5, 5.41) is 9.30. The highest BCUT2D eigenvalue weighted by atomic mass is 19.1. The van der Waals surface area contributed by atoms with E-state index in [9.17, 15) is 9.18 Å². The van der Waals surface area contributed by atoms with Gasteiger partial charge < -0.3 is 4.57 Å². The lowest BCUT2D eigenvalue weighted by Gasteiger charge is -2.22. The maximum atomic E-state index is 13.8. The molecule has 3 heterocycles. The van der Waals surface area contributed by atoms with Crippen molar-refractivity contribution in [2.75, 3.05) is 5.32 Å². The molecule has 24 heavy (non-hydrogen) atoms. The van der Waals surface area contributed by atoms with Gasteiger partial charge in [0.15, 0.2) is 5.82 Å². The second-order valence-electron chi connectivity index (χ2n) is 5.74. The number of aryl methyl sites for hydroxylation is 1. The van der Waals surface area contributed by atoms with E-state index in [-0.39, 0.29) is 23.6 Å². The zero-order chi connectivity index (χ0) is 16.5. The lowest BCUT2D eigenvalue weighted by atomic mass is 9.95. The molecule has 122 valence electrons. The number of benzene rings is 1. The van der Waals surface area contributed by atoms with Gasteiger partial charge in [-0.25, -0.2) is 9.37 Å². The highest BCUT2D eigenvalue weighted by molar-refractivity contribution is 5.91. The van der Waals surface area contributed by atoms with Gasteiger partial charge in [0.1, 0.15) is 5.82 Å². The Morgan fingerprint density at radius 3 is 3.12 bits per heavy atom. The molecule has 0 spiro atoms. The fourth-order valence-electron chi connectivity index (χ4n) is 2.90. The molecule has 7 nitrogen and oxygen atoms in total. The number of carbonyl (C=O) groups is 1. The zero-order valence-corrected chi connectivity index (χ0v) is 12.7. The zero-order valence-electron chi connectivity index (χ0n) is 12.7. The molecule has 1 atom stereocenters. The maximum Gasteiger partial charge on any atom is 0.249 e. The van der Waals surface area contributed by atoms with Crippen molar-refractivity contribution in [3.63, 3.8) is 0 Å². The molecule has 3 aromatic rings. The van der Waals surface area contributed by atoms with E-state index in [2.05, 4.69) is 25.5 Å². The first-order valence-corrected chi connectivity index (χ1v) is 7.68. The molecule has 8 heteroatoms. The number of H-pyrrole nitrogens is 1. The van der Waals surface area contributed by atoms with E-state index < -0.39 is 5.82 Å². The Labute approximate surface area is 136 Å². The van der Waals surface area contributed by atoms with Crippen LogP contribution in [0.15, 0.2) is 36.8 Å². The Morgan fingerprint density at radius 2 is 2.25 bits per heavy atom. The number of carbonyl (C=O) groups excluding carboxylic acids is 1. The summed E-state index contributed by atoms with van der Waals surface area (Å²) in [6.07, 6.45) is 4.93. The van der Waals surface area contributed by atoms with Gasteiger partial charge in [-0.15, -0.1) is 5.10 Å². The lowest BCUT2D eigenvalue weighted by molar-refractivity contribution is -0.120. The van der Waals surface area contributed by atoms with Gasteiger partial charge in [-0.05, 0) is 18.6 Å². The third-order valence-electron chi connectivity index (χ3n) is 4.19. The maximum absolute atomic E-state index is 13.8. The second-order valence-corrected chi connectivity index (χ2v) is 5.74. The van der Waals surface area contributed by atoms with Crippen LogP contribution in [0.4, 0.5) is 10.3 Å². The number of hydrogen-bond acceptors (Lipinski definition) is 4. The predicted molar refractivity (Wildman–Crippen MR) is 84.4 cm³/mol. The minimum absolute atomic E-state index is 0.137. The largest absolute Gasteiger partial charge is 0.335 e. The van der Waals surface area contributed by atoms with Crippen molar-refractivity contribution in [2.45, 2.75) is 19.4 Å². The number of rotatable bonds is 3. The molecule has 1 aliphatic heterocycles. The van der Waals surface area contributed by atoms with Crippen molar-refractivity contribution >= 4 is 11.9 Å². The number of halogens is 1. The molecule has 0 unspecified atom stereocenters. The fraction of sp³-hybridized carbons (Fsp3) is 0.250. The van der Waals surface area contributed by atoms with Gasteiger partial charge in [-0.2, -0.15) is 4.98 Å². The Hall–Kier alpha value is -3.03. The number of anilines is 1. The minimum Gasteiger partial charge on any atom is -0.335 e. The summed E-state index contributed by atoms with van der Waals surface area (Å²) in [4.78, 5) is 20.7. The van der Waals surface area contributed by atoms with E-state index in [4.69, 9.17) is 0 Å². The van der Waals surface area contributed by atoms with Crippen LogP contribution in [-0.4, -0.2) is 30.6 Å². The first-order chi connectivity index (χ1) is 11.7. The Kier molecular flexibility index (Phi) is 3.56. The third-order valence-corrected chi connectivity index (χ3v) is 4.19. The topological polar surface area (TPSA) is 88.5 Å². The molecule has 4 rings (SSSR count). The van der Waals surface area contributed by atoms with Crippen LogP contribution in [0.25, 0.3) is 11.4 Å². The van der Waals surface area contributed by atoms with Crippen LogP contribution in [0.5, 0.6) is 0 Å².